The van der Waals surface area contributed by atoms with Gasteiger partial charge in [-0.1, -0.05) is 42.5 Å². The lowest BCUT2D eigenvalue weighted by atomic mass is 9.97. The molecule has 2 amide bonds. The first-order chi connectivity index (χ1) is 16.9. The number of likely N-dealkylation sites (tertiary alicyclic amines) is 1. The smallest absolute Gasteiger partial charge is 0.410 e. The standard InChI is InChI=1S/C25H25FN4O5/c26-19-10-8-16(9-11-19)13-27-23(32)20-21(31)24(33)29-22(28-20)18-7-4-12-30(14-18)25(34)35-15-17-5-2-1-3-6-17/h1-3,5-6,8-11,18,31H,4,7,12-15H2,(H,27,32)(H,28,29,33). The number of aromatic hydroxyl groups is 1. The number of hydrogen-bond acceptors (Lipinski definition) is 6. The van der Waals surface area contributed by atoms with Crippen LogP contribution in [0.2, 0.25) is 0 Å². The van der Waals surface area contributed by atoms with Gasteiger partial charge in [-0.25, -0.2) is 14.2 Å². The van der Waals surface area contributed by atoms with Crippen LogP contribution >= 0.6 is 0 Å². The largest absolute Gasteiger partial charge is 0.501 e. The number of carbonyl (C=O) groups is 2. The molecule has 1 aliphatic rings. The summed E-state index contributed by atoms with van der Waals surface area (Å²) in [7, 11) is 0. The van der Waals surface area contributed by atoms with Gasteiger partial charge in [-0.05, 0) is 36.1 Å². The van der Waals surface area contributed by atoms with Crippen molar-refractivity contribution in [1.82, 2.24) is 20.2 Å². The Bertz CT molecular complexity index is 1250. The van der Waals surface area contributed by atoms with Gasteiger partial charge in [0.05, 0.1) is 0 Å². The summed E-state index contributed by atoms with van der Waals surface area (Å²) in [6, 6.07) is 14.9. The van der Waals surface area contributed by atoms with Gasteiger partial charge in [-0.3, -0.25) is 9.59 Å². The molecule has 0 saturated carbocycles. The molecular weight excluding hydrogens is 455 g/mol. The zero-order valence-electron chi connectivity index (χ0n) is 18.9. The van der Waals surface area contributed by atoms with Crippen LogP contribution in [0.3, 0.4) is 0 Å². The second-order valence-electron chi connectivity index (χ2n) is 8.28. The molecule has 1 fully saturated rings. The van der Waals surface area contributed by atoms with E-state index in [1.54, 1.807) is 0 Å². The molecule has 182 valence electrons. The first-order valence-electron chi connectivity index (χ1n) is 11.2. The minimum atomic E-state index is -0.842. The van der Waals surface area contributed by atoms with Gasteiger partial charge < -0.3 is 25.0 Å². The third kappa shape index (κ3) is 6.03. The summed E-state index contributed by atoms with van der Waals surface area (Å²) in [5, 5.41) is 12.7. The number of aromatic amines is 1. The molecule has 3 aromatic rings. The molecule has 0 aliphatic carbocycles. The third-order valence-corrected chi connectivity index (χ3v) is 5.77. The maximum Gasteiger partial charge on any atom is 0.410 e. The zero-order chi connectivity index (χ0) is 24.8. The van der Waals surface area contributed by atoms with Gasteiger partial charge in [-0.15, -0.1) is 0 Å². The number of aromatic nitrogens is 2. The van der Waals surface area contributed by atoms with E-state index in [9.17, 15) is 23.9 Å². The van der Waals surface area contributed by atoms with Gasteiger partial charge in [0.25, 0.3) is 11.5 Å². The molecule has 0 radical (unpaired) electrons. The molecule has 0 bridgehead atoms. The second-order valence-corrected chi connectivity index (χ2v) is 8.28. The molecule has 9 nitrogen and oxygen atoms in total. The Morgan fingerprint density at radius 1 is 1.14 bits per heavy atom. The Morgan fingerprint density at radius 2 is 1.89 bits per heavy atom. The zero-order valence-corrected chi connectivity index (χ0v) is 18.9. The number of halogens is 1. The van der Waals surface area contributed by atoms with Crippen LogP contribution in [0.1, 0.15) is 46.2 Å². The quantitative estimate of drug-likeness (QED) is 0.498. The fourth-order valence-electron chi connectivity index (χ4n) is 3.88. The normalized spacial score (nSPS) is 15.5. The van der Waals surface area contributed by atoms with Crippen molar-refractivity contribution in [2.24, 2.45) is 0 Å². The molecule has 2 heterocycles. The maximum absolute atomic E-state index is 13.1. The van der Waals surface area contributed by atoms with Gasteiger partial charge in [0, 0.05) is 25.6 Å². The summed E-state index contributed by atoms with van der Waals surface area (Å²) < 4.78 is 18.5. The molecule has 3 N–H and O–H groups in total. The number of rotatable bonds is 6. The van der Waals surface area contributed by atoms with Gasteiger partial charge >= 0.3 is 6.09 Å². The summed E-state index contributed by atoms with van der Waals surface area (Å²) in [4.78, 5) is 45.8. The van der Waals surface area contributed by atoms with Crippen LogP contribution in [0.5, 0.6) is 5.75 Å². The summed E-state index contributed by atoms with van der Waals surface area (Å²) in [5.74, 6) is -2.07. The van der Waals surface area contributed by atoms with Gasteiger partial charge in [-0.2, -0.15) is 0 Å². The summed E-state index contributed by atoms with van der Waals surface area (Å²) in [6.45, 7) is 0.954. The molecule has 2 aromatic carbocycles. The average molecular weight is 480 g/mol. The Balaban J connectivity index is 1.43. The van der Waals surface area contributed by atoms with Crippen molar-refractivity contribution in [2.45, 2.75) is 31.9 Å². The third-order valence-electron chi connectivity index (χ3n) is 5.77. The maximum atomic E-state index is 13.1. The number of nitrogens with zero attached hydrogens (tertiary/aromatic N) is 2. The highest BCUT2D eigenvalue weighted by atomic mass is 19.1. The van der Waals surface area contributed by atoms with Crippen LogP contribution in [0, 0.1) is 5.82 Å². The van der Waals surface area contributed by atoms with Crippen molar-refractivity contribution in [1.29, 1.82) is 0 Å². The molecule has 1 saturated heterocycles. The Hall–Kier alpha value is -4.21. The van der Waals surface area contributed by atoms with Crippen LogP contribution in [0.15, 0.2) is 59.4 Å². The van der Waals surface area contributed by atoms with Crippen molar-refractivity contribution < 1.29 is 23.8 Å². The van der Waals surface area contributed by atoms with E-state index < -0.39 is 34.8 Å². The predicted molar refractivity (Wildman–Crippen MR) is 124 cm³/mol. The van der Waals surface area contributed by atoms with Crippen molar-refractivity contribution in [3.63, 3.8) is 0 Å². The summed E-state index contributed by atoms with van der Waals surface area (Å²) in [5.41, 5.74) is 0.261. The number of ether oxygens (including phenoxy) is 1. The summed E-state index contributed by atoms with van der Waals surface area (Å²) in [6.07, 6.45) is 0.811. The van der Waals surface area contributed by atoms with Crippen LogP contribution in [0.25, 0.3) is 0 Å². The number of carbonyl (C=O) groups excluding carboxylic acids is 2. The lowest BCUT2D eigenvalue weighted by molar-refractivity contribution is 0.0849. The number of amides is 2. The molecule has 0 spiro atoms. The Morgan fingerprint density at radius 3 is 2.63 bits per heavy atom. The number of hydrogen-bond donors (Lipinski definition) is 3. The minimum Gasteiger partial charge on any atom is -0.501 e. The van der Waals surface area contributed by atoms with E-state index in [-0.39, 0.29) is 31.4 Å². The Kier molecular flexibility index (Phi) is 7.39. The summed E-state index contributed by atoms with van der Waals surface area (Å²) >= 11 is 0. The van der Waals surface area contributed by atoms with Crippen molar-refractivity contribution >= 4 is 12.0 Å². The fraction of sp³-hybridized carbons (Fsp3) is 0.280. The van der Waals surface area contributed by atoms with Crippen molar-refractivity contribution in [3.05, 3.63) is 93.4 Å². The molecule has 1 aliphatic heterocycles. The van der Waals surface area contributed by atoms with Crippen LogP contribution in [0.4, 0.5) is 9.18 Å². The lowest BCUT2D eigenvalue weighted by Crippen LogP contribution is -2.40. The SMILES string of the molecule is O=C(NCc1ccc(F)cc1)c1nc(C2CCCN(C(=O)OCc3ccccc3)C2)[nH]c(=O)c1O. The van der Waals surface area contributed by atoms with Crippen LogP contribution in [-0.2, 0) is 17.9 Å². The van der Waals surface area contributed by atoms with Gasteiger partial charge in [0.1, 0.15) is 18.2 Å². The monoisotopic (exact) mass is 480 g/mol. The molecule has 4 rings (SSSR count). The van der Waals surface area contributed by atoms with Crippen LogP contribution in [-0.4, -0.2) is 45.1 Å². The highest BCUT2D eigenvalue weighted by Crippen LogP contribution is 2.25. The van der Waals surface area contributed by atoms with Crippen molar-refractivity contribution in [2.75, 3.05) is 13.1 Å². The molecule has 1 unspecified atom stereocenters. The Labute approximate surface area is 200 Å². The molecular formula is C25H25FN4O5. The highest BCUT2D eigenvalue weighted by Gasteiger charge is 2.29. The number of piperidine rings is 1. The fourth-order valence-corrected chi connectivity index (χ4v) is 3.88. The number of benzene rings is 2. The van der Waals surface area contributed by atoms with Gasteiger partial charge in [0.15, 0.2) is 5.69 Å². The van der Waals surface area contributed by atoms with E-state index in [1.807, 2.05) is 30.3 Å². The van der Waals surface area contributed by atoms with E-state index >= 15 is 0 Å². The second kappa shape index (κ2) is 10.8. The van der Waals surface area contributed by atoms with Crippen molar-refractivity contribution in [3.8, 4) is 5.75 Å². The van der Waals surface area contributed by atoms with E-state index in [2.05, 4.69) is 15.3 Å². The topological polar surface area (TPSA) is 125 Å². The molecule has 35 heavy (non-hydrogen) atoms. The molecule has 10 heteroatoms. The number of H-pyrrole nitrogens is 1. The predicted octanol–water partition coefficient (Wildman–Crippen LogP) is 3.06. The average Bonchev–Trinajstić information content (AvgIpc) is 2.89. The van der Waals surface area contributed by atoms with E-state index in [0.29, 0.717) is 24.9 Å². The molecule has 1 atom stereocenters. The number of nitrogens with one attached hydrogen (secondary N) is 2. The van der Waals surface area contributed by atoms with E-state index in [0.717, 1.165) is 5.56 Å². The lowest BCUT2D eigenvalue weighted by Gasteiger charge is -2.31. The minimum absolute atomic E-state index is 0.0623. The highest BCUT2D eigenvalue weighted by molar-refractivity contribution is 5.94. The molecule has 1 aromatic heterocycles. The first kappa shape index (κ1) is 23.9. The van der Waals surface area contributed by atoms with Crippen LogP contribution < -0.4 is 10.9 Å². The van der Waals surface area contributed by atoms with E-state index in [4.69, 9.17) is 4.74 Å². The van der Waals surface area contributed by atoms with E-state index in [1.165, 1.54) is 29.2 Å². The first-order valence-corrected chi connectivity index (χ1v) is 11.2. The van der Waals surface area contributed by atoms with Gasteiger partial charge in [0.2, 0.25) is 5.75 Å².